The van der Waals surface area contributed by atoms with Crippen molar-refractivity contribution in [2.24, 2.45) is 11.7 Å². The lowest BCUT2D eigenvalue weighted by Crippen LogP contribution is -2.58. The number of para-hydroxylation sites is 2. The van der Waals surface area contributed by atoms with E-state index in [1.54, 1.807) is 25.4 Å². The van der Waals surface area contributed by atoms with Crippen molar-refractivity contribution in [2.45, 2.75) is 63.7 Å². The number of fused-ring (bicyclic) bond motifs is 2. The zero-order valence-corrected chi connectivity index (χ0v) is 25.0. The lowest BCUT2D eigenvalue weighted by Gasteiger charge is -2.25. The Bertz CT molecular complexity index is 1700. The summed E-state index contributed by atoms with van der Waals surface area (Å²) >= 11 is 0. The summed E-state index contributed by atoms with van der Waals surface area (Å²) in [6.07, 6.45) is 3.07. The molecule has 0 spiro atoms. The molecule has 5 unspecified atom stereocenters. The van der Waals surface area contributed by atoms with Crippen molar-refractivity contribution in [2.75, 3.05) is 0 Å². The minimum Gasteiger partial charge on any atom is -0.481 e. The molecule has 0 aliphatic rings. The average molecular weight is 619 g/mol. The van der Waals surface area contributed by atoms with Gasteiger partial charge in [-0.25, -0.2) is 4.79 Å². The SMILES string of the molecule is CCC(C)C(N)C(=O)NC(Cc1c[nH]c2ccccc12)C(=O)NC(CC(=O)O)C(=O)NC(Cc1c[nH]c2ccccc12)C(=O)O. The number of aromatic amines is 2. The van der Waals surface area contributed by atoms with Gasteiger partial charge in [-0.05, 0) is 29.2 Å². The molecule has 238 valence electrons. The first-order valence-electron chi connectivity index (χ1n) is 14.7. The summed E-state index contributed by atoms with van der Waals surface area (Å²) < 4.78 is 0. The Kier molecular flexibility index (Phi) is 10.6. The van der Waals surface area contributed by atoms with Crippen molar-refractivity contribution in [1.29, 1.82) is 0 Å². The van der Waals surface area contributed by atoms with Crippen LogP contribution in [-0.4, -0.2) is 74.0 Å². The highest BCUT2D eigenvalue weighted by Crippen LogP contribution is 2.21. The molecule has 3 amide bonds. The fourth-order valence-corrected chi connectivity index (χ4v) is 5.16. The second-order valence-electron chi connectivity index (χ2n) is 11.2. The van der Waals surface area contributed by atoms with E-state index in [1.807, 2.05) is 49.4 Å². The first-order chi connectivity index (χ1) is 21.5. The number of aromatic nitrogens is 2. The summed E-state index contributed by atoms with van der Waals surface area (Å²) in [4.78, 5) is 70.0. The Morgan fingerprint density at radius 1 is 0.733 bits per heavy atom. The summed E-state index contributed by atoms with van der Waals surface area (Å²) in [5.74, 6) is -5.31. The number of carbonyl (C=O) groups is 5. The first-order valence-corrected chi connectivity index (χ1v) is 14.7. The number of carboxylic acids is 2. The van der Waals surface area contributed by atoms with Crippen molar-refractivity contribution in [3.8, 4) is 0 Å². The van der Waals surface area contributed by atoms with Crippen molar-refractivity contribution >= 4 is 51.5 Å². The van der Waals surface area contributed by atoms with Crippen LogP contribution in [0.2, 0.25) is 0 Å². The summed E-state index contributed by atoms with van der Waals surface area (Å²) in [5, 5.41) is 28.5. The second-order valence-corrected chi connectivity index (χ2v) is 11.2. The van der Waals surface area contributed by atoms with Gasteiger partial charge >= 0.3 is 11.9 Å². The van der Waals surface area contributed by atoms with E-state index in [0.717, 1.165) is 21.8 Å². The summed E-state index contributed by atoms with van der Waals surface area (Å²) in [7, 11) is 0. The number of carbonyl (C=O) groups excluding carboxylic acids is 3. The number of rotatable bonds is 15. The Labute approximate surface area is 258 Å². The molecule has 13 nitrogen and oxygen atoms in total. The zero-order valence-electron chi connectivity index (χ0n) is 25.0. The third kappa shape index (κ3) is 8.06. The molecular weight excluding hydrogens is 580 g/mol. The van der Waals surface area contributed by atoms with Gasteiger partial charge in [-0.3, -0.25) is 19.2 Å². The number of H-pyrrole nitrogens is 2. The highest BCUT2D eigenvalue weighted by atomic mass is 16.4. The molecule has 4 aromatic rings. The van der Waals surface area contributed by atoms with Gasteiger partial charge in [0.15, 0.2) is 0 Å². The van der Waals surface area contributed by atoms with Crippen LogP contribution in [0, 0.1) is 5.92 Å². The van der Waals surface area contributed by atoms with Crippen LogP contribution in [0.25, 0.3) is 21.8 Å². The molecule has 2 aromatic carbocycles. The van der Waals surface area contributed by atoms with E-state index in [-0.39, 0.29) is 18.8 Å². The third-order valence-electron chi connectivity index (χ3n) is 8.02. The van der Waals surface area contributed by atoms with E-state index >= 15 is 0 Å². The van der Waals surface area contributed by atoms with Gasteiger partial charge in [-0.1, -0.05) is 56.7 Å². The Balaban J connectivity index is 1.55. The molecule has 0 aliphatic carbocycles. The maximum absolute atomic E-state index is 13.7. The van der Waals surface area contributed by atoms with Crippen LogP contribution >= 0.6 is 0 Å². The predicted molar refractivity (Wildman–Crippen MR) is 167 cm³/mol. The van der Waals surface area contributed by atoms with E-state index in [9.17, 15) is 34.2 Å². The molecule has 0 aliphatic heterocycles. The van der Waals surface area contributed by atoms with Gasteiger partial charge in [0, 0.05) is 47.0 Å². The third-order valence-corrected chi connectivity index (χ3v) is 8.02. The lowest BCUT2D eigenvalue weighted by atomic mass is 9.98. The fourth-order valence-electron chi connectivity index (χ4n) is 5.16. The molecule has 9 N–H and O–H groups in total. The van der Waals surface area contributed by atoms with E-state index in [2.05, 4.69) is 25.9 Å². The monoisotopic (exact) mass is 618 g/mol. The summed E-state index contributed by atoms with van der Waals surface area (Å²) in [5.41, 5.74) is 9.06. The van der Waals surface area contributed by atoms with Crippen molar-refractivity contribution in [1.82, 2.24) is 25.9 Å². The maximum Gasteiger partial charge on any atom is 0.326 e. The number of nitrogens with two attached hydrogens (primary N) is 1. The minimum atomic E-state index is -1.63. The van der Waals surface area contributed by atoms with Crippen LogP contribution in [0.15, 0.2) is 60.9 Å². The highest BCUT2D eigenvalue weighted by Gasteiger charge is 2.33. The first kappa shape index (κ1) is 32.7. The fraction of sp³-hybridized carbons (Fsp3) is 0.344. The molecule has 13 heteroatoms. The minimum absolute atomic E-state index is 0.00847. The van der Waals surface area contributed by atoms with Crippen LogP contribution in [0.3, 0.4) is 0 Å². The molecule has 0 saturated heterocycles. The van der Waals surface area contributed by atoms with Crippen LogP contribution in [0.5, 0.6) is 0 Å². The Morgan fingerprint density at radius 3 is 1.71 bits per heavy atom. The molecule has 5 atom stereocenters. The van der Waals surface area contributed by atoms with Crippen LogP contribution in [0.1, 0.15) is 37.8 Å². The smallest absolute Gasteiger partial charge is 0.326 e. The topological polar surface area (TPSA) is 219 Å². The number of aliphatic carboxylic acids is 2. The number of benzene rings is 2. The molecule has 2 heterocycles. The standard InChI is InChI=1S/C32H38N6O7/c1-3-17(2)28(33)31(43)37-24(12-18-15-34-22-10-6-4-8-20(18)22)29(41)36-25(14-27(39)40)30(42)38-26(32(44)45)13-19-16-35-23-11-7-5-9-21(19)23/h4-11,15-17,24-26,28,34-35H,3,12-14,33H2,1-2H3,(H,36,41)(H,37,43)(H,38,42)(H,39,40)(H,44,45). The van der Waals surface area contributed by atoms with Gasteiger partial charge in [0.1, 0.15) is 18.1 Å². The van der Waals surface area contributed by atoms with Gasteiger partial charge in [-0.2, -0.15) is 0 Å². The molecule has 0 fully saturated rings. The molecule has 45 heavy (non-hydrogen) atoms. The Morgan fingerprint density at radius 2 is 1.20 bits per heavy atom. The van der Waals surface area contributed by atoms with Gasteiger partial charge in [0.2, 0.25) is 17.7 Å². The van der Waals surface area contributed by atoms with Crippen LogP contribution < -0.4 is 21.7 Å². The molecule has 4 rings (SSSR count). The number of carboxylic acid groups (broad SMARTS) is 2. The van der Waals surface area contributed by atoms with E-state index in [4.69, 9.17) is 5.73 Å². The second kappa shape index (κ2) is 14.5. The predicted octanol–water partition coefficient (Wildman–Crippen LogP) is 1.82. The maximum atomic E-state index is 13.7. The van der Waals surface area contributed by atoms with Gasteiger partial charge in [0.05, 0.1) is 12.5 Å². The molecule has 2 aromatic heterocycles. The van der Waals surface area contributed by atoms with Crippen molar-refractivity contribution in [3.05, 3.63) is 72.1 Å². The molecule has 0 bridgehead atoms. The van der Waals surface area contributed by atoms with Crippen LogP contribution in [0.4, 0.5) is 0 Å². The van der Waals surface area contributed by atoms with Gasteiger partial charge < -0.3 is 41.9 Å². The number of nitrogens with one attached hydrogen (secondary N) is 5. The lowest BCUT2D eigenvalue weighted by molar-refractivity contribution is -0.143. The molecular formula is C32H38N6O7. The van der Waals surface area contributed by atoms with E-state index in [0.29, 0.717) is 17.5 Å². The zero-order chi connectivity index (χ0) is 32.7. The van der Waals surface area contributed by atoms with E-state index < -0.39 is 60.2 Å². The average Bonchev–Trinajstić information content (AvgIpc) is 3.62. The number of hydrogen-bond acceptors (Lipinski definition) is 6. The number of amides is 3. The number of hydrogen-bond donors (Lipinski definition) is 8. The van der Waals surface area contributed by atoms with Crippen molar-refractivity contribution < 1.29 is 34.2 Å². The molecule has 0 saturated carbocycles. The van der Waals surface area contributed by atoms with E-state index in [1.165, 1.54) is 0 Å². The quantitative estimate of drug-likeness (QED) is 0.0980. The summed E-state index contributed by atoms with van der Waals surface area (Å²) in [6, 6.07) is 9.45. The Hall–Kier alpha value is -5.17. The van der Waals surface area contributed by atoms with Gasteiger partial charge in [-0.15, -0.1) is 0 Å². The highest BCUT2D eigenvalue weighted by molar-refractivity contribution is 5.96. The van der Waals surface area contributed by atoms with Crippen molar-refractivity contribution in [3.63, 3.8) is 0 Å². The summed E-state index contributed by atoms with van der Waals surface area (Å²) in [6.45, 7) is 3.69. The van der Waals surface area contributed by atoms with Crippen LogP contribution in [-0.2, 0) is 36.8 Å². The normalized spacial score (nSPS) is 14.6. The molecule has 0 radical (unpaired) electrons. The largest absolute Gasteiger partial charge is 0.481 e. The van der Waals surface area contributed by atoms with Gasteiger partial charge in [0.25, 0.3) is 0 Å².